The quantitative estimate of drug-likeness (QED) is 0.548. The number of fused-ring (bicyclic) bond motifs is 1. The summed E-state index contributed by atoms with van der Waals surface area (Å²) >= 11 is 0. The Labute approximate surface area is 194 Å². The van der Waals surface area contributed by atoms with Gasteiger partial charge in [0.2, 0.25) is 0 Å². The van der Waals surface area contributed by atoms with Gasteiger partial charge in [0, 0.05) is 25.8 Å². The van der Waals surface area contributed by atoms with Crippen LogP contribution in [0.3, 0.4) is 0 Å². The number of carbonyl (C=O) groups is 1. The smallest absolute Gasteiger partial charge is 0.410 e. The zero-order valence-electron chi connectivity index (χ0n) is 21.1. The van der Waals surface area contributed by atoms with Gasteiger partial charge in [-0.25, -0.2) is 9.78 Å². The maximum absolute atomic E-state index is 13.1. The van der Waals surface area contributed by atoms with Crippen molar-refractivity contribution < 1.29 is 14.0 Å². The predicted octanol–water partition coefficient (Wildman–Crippen LogP) is 5.61. The average molecular weight is 460 g/mol. The van der Waals surface area contributed by atoms with Gasteiger partial charge in [0.1, 0.15) is 11.4 Å². The Morgan fingerprint density at radius 1 is 1.03 bits per heavy atom. The number of hydrogen-bond acceptors (Lipinski definition) is 5. The Balaban J connectivity index is 1.52. The fourth-order valence-corrected chi connectivity index (χ4v) is 6.04. The number of nitrogens with zero attached hydrogens (tertiary/aromatic N) is 3. The highest BCUT2D eigenvalue weighted by Crippen LogP contribution is 2.46. The number of rotatable bonds is 4. The molecule has 3 fully saturated rings. The minimum absolute atomic E-state index is 0.0128. The van der Waals surface area contributed by atoms with E-state index < -0.39 is 13.9 Å². The first-order valence-corrected chi connectivity index (χ1v) is 15.0. The van der Waals surface area contributed by atoms with Crippen molar-refractivity contribution in [1.82, 2.24) is 9.88 Å². The SMILES string of the molecule is CC(C)(C)OC(=O)N1C[C@@H](O[Si](C)(C)C(C)(C)C)CC1c1ccc(N2CC3CC3C2)nc1. The first-order chi connectivity index (χ1) is 14.7. The van der Waals surface area contributed by atoms with E-state index in [0.29, 0.717) is 6.54 Å². The van der Waals surface area contributed by atoms with Crippen molar-refractivity contribution in [3.05, 3.63) is 23.9 Å². The fourth-order valence-electron chi connectivity index (χ4n) is 4.68. The summed E-state index contributed by atoms with van der Waals surface area (Å²) in [4.78, 5) is 22.1. The molecule has 1 saturated carbocycles. The number of pyridine rings is 1. The van der Waals surface area contributed by atoms with Crippen LogP contribution in [0.15, 0.2) is 18.3 Å². The minimum atomic E-state index is -1.94. The van der Waals surface area contributed by atoms with Gasteiger partial charge < -0.3 is 14.1 Å². The fraction of sp³-hybridized carbons (Fsp3) is 0.760. The average Bonchev–Trinajstić information content (AvgIpc) is 3.07. The van der Waals surface area contributed by atoms with E-state index in [9.17, 15) is 4.79 Å². The molecule has 1 amide bonds. The van der Waals surface area contributed by atoms with E-state index >= 15 is 0 Å². The largest absolute Gasteiger partial charge is 0.444 e. The van der Waals surface area contributed by atoms with Crippen LogP contribution >= 0.6 is 0 Å². The molecule has 0 N–H and O–H groups in total. The highest BCUT2D eigenvalue weighted by molar-refractivity contribution is 6.74. The molecule has 6 nitrogen and oxygen atoms in total. The number of anilines is 1. The third-order valence-electron chi connectivity index (χ3n) is 7.62. The van der Waals surface area contributed by atoms with Crippen molar-refractivity contribution in [3.63, 3.8) is 0 Å². The molecule has 4 atom stereocenters. The molecule has 32 heavy (non-hydrogen) atoms. The van der Waals surface area contributed by atoms with Crippen molar-refractivity contribution in [2.24, 2.45) is 11.8 Å². The molecule has 1 aromatic heterocycles. The lowest BCUT2D eigenvalue weighted by Gasteiger charge is -2.38. The molecule has 1 aromatic rings. The van der Waals surface area contributed by atoms with Crippen LogP contribution in [0.2, 0.25) is 18.1 Å². The summed E-state index contributed by atoms with van der Waals surface area (Å²) < 4.78 is 12.5. The zero-order chi connectivity index (χ0) is 23.5. The zero-order valence-corrected chi connectivity index (χ0v) is 22.1. The molecule has 0 aromatic carbocycles. The van der Waals surface area contributed by atoms with E-state index in [4.69, 9.17) is 14.1 Å². The van der Waals surface area contributed by atoms with Crippen molar-refractivity contribution in [3.8, 4) is 0 Å². The van der Waals surface area contributed by atoms with Crippen LogP contribution < -0.4 is 4.90 Å². The molecule has 7 heteroatoms. The second-order valence-electron chi connectivity index (χ2n) is 12.5. The van der Waals surface area contributed by atoms with Crippen LogP contribution in [0.5, 0.6) is 0 Å². The molecule has 178 valence electrons. The number of piperidine rings is 1. The molecule has 2 saturated heterocycles. The summed E-state index contributed by atoms with van der Waals surface area (Å²) in [5.41, 5.74) is 0.531. The maximum atomic E-state index is 13.1. The highest BCUT2D eigenvalue weighted by atomic mass is 28.4. The van der Waals surface area contributed by atoms with E-state index in [1.165, 1.54) is 6.42 Å². The standard InChI is InChI=1S/C25H41N3O3Si/c1-24(2,3)30-23(29)28-16-20(31-32(7,8)25(4,5)6)12-21(28)17-9-10-22(26-13-17)27-14-18-11-19(18)15-27/h9-10,13,18-21H,11-12,14-16H2,1-8H3/t18?,19?,20-,21?/m0/s1. The summed E-state index contributed by atoms with van der Waals surface area (Å²) in [6, 6.07) is 4.19. The minimum Gasteiger partial charge on any atom is -0.444 e. The van der Waals surface area contributed by atoms with Crippen LogP contribution in [0.4, 0.5) is 10.6 Å². The Morgan fingerprint density at radius 2 is 1.69 bits per heavy atom. The van der Waals surface area contributed by atoms with Gasteiger partial charge in [-0.1, -0.05) is 26.8 Å². The lowest BCUT2D eigenvalue weighted by atomic mass is 10.1. The number of aromatic nitrogens is 1. The lowest BCUT2D eigenvalue weighted by Crippen LogP contribution is -2.45. The second-order valence-corrected chi connectivity index (χ2v) is 17.3. The number of likely N-dealkylation sites (tertiary alicyclic amines) is 1. The molecule has 0 bridgehead atoms. The van der Waals surface area contributed by atoms with E-state index in [1.807, 2.05) is 31.9 Å². The number of hydrogen-bond donors (Lipinski definition) is 0. The van der Waals surface area contributed by atoms with Crippen LogP contribution in [-0.4, -0.2) is 55.6 Å². The third kappa shape index (κ3) is 4.98. The number of amides is 1. The van der Waals surface area contributed by atoms with Crippen LogP contribution in [0.25, 0.3) is 0 Å². The first kappa shape index (κ1) is 23.6. The third-order valence-corrected chi connectivity index (χ3v) is 12.2. The molecule has 0 radical (unpaired) electrons. The van der Waals surface area contributed by atoms with Crippen LogP contribution in [0, 0.1) is 11.8 Å². The molecule has 3 aliphatic rings. The Kier molecular flexibility index (Phi) is 5.90. The van der Waals surface area contributed by atoms with Crippen molar-refractivity contribution in [1.29, 1.82) is 0 Å². The summed E-state index contributed by atoms with van der Waals surface area (Å²) in [5.74, 6) is 2.81. The Bertz CT molecular complexity index is 833. The number of carbonyl (C=O) groups excluding carboxylic acids is 1. The normalized spacial score (nSPS) is 28.1. The van der Waals surface area contributed by atoms with E-state index in [1.54, 1.807) is 0 Å². The van der Waals surface area contributed by atoms with Gasteiger partial charge in [0.15, 0.2) is 8.32 Å². The van der Waals surface area contributed by atoms with Crippen LogP contribution in [-0.2, 0) is 9.16 Å². The summed E-state index contributed by atoms with van der Waals surface area (Å²) in [5, 5.41) is 0.126. The molecular formula is C25H41N3O3Si. The van der Waals surface area contributed by atoms with Gasteiger partial charge in [-0.2, -0.15) is 0 Å². The van der Waals surface area contributed by atoms with E-state index in [2.05, 4.69) is 50.9 Å². The maximum Gasteiger partial charge on any atom is 0.410 e. The van der Waals surface area contributed by atoms with Crippen LogP contribution in [0.1, 0.15) is 66.0 Å². The first-order valence-electron chi connectivity index (χ1n) is 12.1. The monoisotopic (exact) mass is 459 g/mol. The van der Waals surface area contributed by atoms with Gasteiger partial charge in [-0.05, 0) is 75.2 Å². The molecule has 2 aliphatic heterocycles. The molecule has 3 unspecified atom stereocenters. The Morgan fingerprint density at radius 3 is 2.22 bits per heavy atom. The van der Waals surface area contributed by atoms with E-state index in [0.717, 1.165) is 42.7 Å². The topological polar surface area (TPSA) is 54.9 Å². The second kappa shape index (κ2) is 8.01. The molecule has 3 heterocycles. The lowest BCUT2D eigenvalue weighted by molar-refractivity contribution is 0.0208. The highest BCUT2D eigenvalue weighted by Gasteiger charge is 2.46. The molecular weight excluding hydrogens is 418 g/mol. The van der Waals surface area contributed by atoms with Gasteiger partial charge in [0.05, 0.1) is 12.1 Å². The van der Waals surface area contributed by atoms with Gasteiger partial charge in [-0.3, -0.25) is 4.90 Å². The van der Waals surface area contributed by atoms with Gasteiger partial charge >= 0.3 is 6.09 Å². The van der Waals surface area contributed by atoms with Gasteiger partial charge in [-0.15, -0.1) is 0 Å². The Hall–Kier alpha value is -1.60. The summed E-state index contributed by atoms with van der Waals surface area (Å²) in [6.45, 7) is 19.9. The molecule has 4 rings (SSSR count). The molecule has 1 aliphatic carbocycles. The number of ether oxygens (including phenoxy) is 1. The van der Waals surface area contributed by atoms with E-state index in [-0.39, 0.29) is 23.3 Å². The van der Waals surface area contributed by atoms with Gasteiger partial charge in [0.25, 0.3) is 0 Å². The summed E-state index contributed by atoms with van der Waals surface area (Å²) in [6.07, 6.45) is 3.86. The van der Waals surface area contributed by atoms with Crippen molar-refractivity contribution in [2.75, 3.05) is 24.5 Å². The predicted molar refractivity (Wildman–Crippen MR) is 130 cm³/mol. The molecule has 0 spiro atoms. The summed E-state index contributed by atoms with van der Waals surface area (Å²) in [7, 11) is -1.94. The van der Waals surface area contributed by atoms with Crippen molar-refractivity contribution >= 4 is 20.2 Å². The van der Waals surface area contributed by atoms with Crippen molar-refractivity contribution in [2.45, 2.75) is 90.3 Å².